The van der Waals surface area contributed by atoms with E-state index in [0.29, 0.717) is 11.6 Å². The molecule has 7 heteroatoms. The second-order valence-corrected chi connectivity index (χ2v) is 7.66. The van der Waals surface area contributed by atoms with E-state index >= 15 is 0 Å². The lowest BCUT2D eigenvalue weighted by Gasteiger charge is -2.12. The number of amides is 1. The third kappa shape index (κ3) is 4.14. The minimum atomic E-state index is -0.265. The van der Waals surface area contributed by atoms with Crippen molar-refractivity contribution in [1.82, 2.24) is 14.9 Å². The predicted octanol–water partition coefficient (Wildman–Crippen LogP) is 4.03. The monoisotopic (exact) mass is 389 g/mol. The molecule has 0 spiro atoms. The van der Waals surface area contributed by atoms with E-state index < -0.39 is 0 Å². The van der Waals surface area contributed by atoms with Crippen LogP contribution in [0.25, 0.3) is 11.0 Å². The van der Waals surface area contributed by atoms with Gasteiger partial charge in [-0.3, -0.25) is 4.79 Å². The molecule has 3 rings (SSSR count). The summed E-state index contributed by atoms with van der Waals surface area (Å²) in [7, 11) is 3.57. The molecule has 5 nitrogen and oxygen atoms in total. The molecule has 0 aliphatic rings. The number of benzene rings is 2. The van der Waals surface area contributed by atoms with Crippen molar-refractivity contribution in [1.29, 1.82) is 0 Å². The number of fused-ring (bicyclic) bond motifs is 1. The van der Waals surface area contributed by atoms with Crippen LogP contribution in [0.15, 0.2) is 47.6 Å². The molecule has 0 unspecified atom stereocenters. The molecule has 1 amide bonds. The van der Waals surface area contributed by atoms with Gasteiger partial charge in [-0.25, -0.2) is 4.98 Å². The number of imidazole rings is 1. The second-order valence-electron chi connectivity index (χ2n) is 5.91. The van der Waals surface area contributed by atoms with Crippen molar-refractivity contribution in [3.05, 3.63) is 53.1 Å². The fraction of sp³-hybridized carbons (Fsp3) is 0.263. The number of nitrogens with zero attached hydrogens (tertiary/aromatic N) is 2. The molecule has 0 radical (unpaired) electrons. The minimum Gasteiger partial charge on any atom is -0.497 e. The van der Waals surface area contributed by atoms with Crippen molar-refractivity contribution in [3.8, 4) is 5.75 Å². The minimum absolute atomic E-state index is 0.0316. The number of ether oxygens (including phenoxy) is 1. The van der Waals surface area contributed by atoms with E-state index in [1.807, 2.05) is 61.0 Å². The van der Waals surface area contributed by atoms with E-state index in [-0.39, 0.29) is 11.2 Å². The number of carbonyl (C=O) groups is 1. The fourth-order valence-electron chi connectivity index (χ4n) is 2.54. The highest BCUT2D eigenvalue weighted by Gasteiger charge is 2.18. The Hall–Kier alpha value is -2.18. The van der Waals surface area contributed by atoms with Crippen LogP contribution >= 0.6 is 23.4 Å². The van der Waals surface area contributed by atoms with Gasteiger partial charge in [0.15, 0.2) is 5.16 Å². The normalized spacial score (nSPS) is 12.2. The number of rotatable bonds is 6. The van der Waals surface area contributed by atoms with Crippen molar-refractivity contribution in [3.63, 3.8) is 0 Å². The Labute approximate surface area is 161 Å². The quantitative estimate of drug-likeness (QED) is 0.646. The van der Waals surface area contributed by atoms with Crippen LogP contribution in [0, 0.1) is 0 Å². The molecule has 1 aromatic heterocycles. The maximum Gasteiger partial charge on any atom is 0.233 e. The summed E-state index contributed by atoms with van der Waals surface area (Å²) in [6, 6.07) is 13.2. The van der Waals surface area contributed by atoms with E-state index in [1.165, 1.54) is 11.8 Å². The van der Waals surface area contributed by atoms with Crippen LogP contribution in [0.5, 0.6) is 5.75 Å². The van der Waals surface area contributed by atoms with E-state index in [0.717, 1.165) is 27.5 Å². The zero-order valence-corrected chi connectivity index (χ0v) is 16.4. The van der Waals surface area contributed by atoms with E-state index in [9.17, 15) is 4.79 Å². The Morgan fingerprint density at radius 3 is 2.73 bits per heavy atom. The van der Waals surface area contributed by atoms with Crippen molar-refractivity contribution in [2.45, 2.75) is 23.9 Å². The molecule has 0 aliphatic heterocycles. The first kappa shape index (κ1) is 18.6. The van der Waals surface area contributed by atoms with Gasteiger partial charge in [-0.15, -0.1) is 0 Å². The summed E-state index contributed by atoms with van der Waals surface area (Å²) in [4.78, 5) is 17.0. The van der Waals surface area contributed by atoms with Crippen LogP contribution in [0.1, 0.15) is 12.5 Å². The molecule has 1 atom stereocenters. The van der Waals surface area contributed by atoms with Crippen LogP contribution in [0.4, 0.5) is 0 Å². The number of nitrogens with one attached hydrogen (secondary N) is 1. The average Bonchev–Trinajstić information content (AvgIpc) is 2.94. The number of hydrogen-bond acceptors (Lipinski definition) is 4. The summed E-state index contributed by atoms with van der Waals surface area (Å²) in [6.45, 7) is 2.35. The molecular weight excluding hydrogens is 370 g/mol. The van der Waals surface area contributed by atoms with Crippen LogP contribution in [-0.4, -0.2) is 27.8 Å². The summed E-state index contributed by atoms with van der Waals surface area (Å²) in [6.07, 6.45) is 0. The molecule has 2 aromatic carbocycles. The lowest BCUT2D eigenvalue weighted by Crippen LogP contribution is -2.30. The molecule has 0 fully saturated rings. The molecule has 1 heterocycles. The number of aryl methyl sites for hydroxylation is 1. The highest BCUT2D eigenvalue weighted by molar-refractivity contribution is 8.00. The molecule has 1 N–H and O–H groups in total. The van der Waals surface area contributed by atoms with E-state index in [4.69, 9.17) is 16.3 Å². The molecule has 0 bridgehead atoms. The summed E-state index contributed by atoms with van der Waals surface area (Å²) in [5.41, 5.74) is 2.84. The number of halogens is 1. The van der Waals surface area contributed by atoms with Crippen LogP contribution in [0.2, 0.25) is 5.02 Å². The number of carbonyl (C=O) groups excluding carboxylic acids is 1. The summed E-state index contributed by atoms with van der Waals surface area (Å²) in [5, 5.41) is 4.13. The van der Waals surface area contributed by atoms with Gasteiger partial charge in [0.2, 0.25) is 5.91 Å². The Bertz CT molecular complexity index is 924. The molecule has 0 aliphatic carbocycles. The maximum atomic E-state index is 12.4. The van der Waals surface area contributed by atoms with Crippen LogP contribution in [0.3, 0.4) is 0 Å². The van der Waals surface area contributed by atoms with E-state index in [2.05, 4.69) is 10.3 Å². The molecule has 26 heavy (non-hydrogen) atoms. The first-order valence-electron chi connectivity index (χ1n) is 8.17. The second kappa shape index (κ2) is 8.01. The smallest absolute Gasteiger partial charge is 0.233 e. The maximum absolute atomic E-state index is 12.4. The SMILES string of the molecule is COc1ccc(CNC(=O)[C@@H](C)Sc2nc3cc(Cl)ccc3n2C)cc1. The largest absolute Gasteiger partial charge is 0.497 e. The average molecular weight is 390 g/mol. The summed E-state index contributed by atoms with van der Waals surface area (Å²) < 4.78 is 7.11. The van der Waals surface area contributed by atoms with Crippen LogP contribution < -0.4 is 10.1 Å². The standard InChI is InChI=1S/C19H20ClN3O2S/c1-12(18(24)21-11-13-4-7-15(25-3)8-5-13)26-19-22-16-10-14(20)6-9-17(16)23(19)2/h4-10,12H,11H2,1-3H3,(H,21,24)/t12-/m1/s1. The summed E-state index contributed by atoms with van der Waals surface area (Å²) in [5.74, 6) is 0.766. The van der Waals surface area contributed by atoms with Crippen molar-refractivity contribution >= 4 is 40.3 Å². The zero-order chi connectivity index (χ0) is 18.7. The number of thioether (sulfide) groups is 1. The molecule has 0 saturated carbocycles. The molecule has 3 aromatic rings. The van der Waals surface area contributed by atoms with Gasteiger partial charge in [0.05, 0.1) is 23.4 Å². The highest BCUT2D eigenvalue weighted by atomic mass is 35.5. The van der Waals surface area contributed by atoms with Crippen molar-refractivity contribution in [2.75, 3.05) is 7.11 Å². The van der Waals surface area contributed by atoms with Crippen molar-refractivity contribution < 1.29 is 9.53 Å². The zero-order valence-electron chi connectivity index (χ0n) is 14.8. The molecule has 136 valence electrons. The van der Waals surface area contributed by atoms with Gasteiger partial charge in [0.1, 0.15) is 5.75 Å². The third-order valence-corrected chi connectivity index (χ3v) is 5.46. The number of aromatic nitrogens is 2. The third-order valence-electron chi connectivity index (χ3n) is 4.08. The first-order valence-corrected chi connectivity index (χ1v) is 9.43. The lowest BCUT2D eigenvalue weighted by atomic mass is 10.2. The number of hydrogen-bond donors (Lipinski definition) is 1. The Kier molecular flexibility index (Phi) is 5.74. The molecule has 0 saturated heterocycles. The van der Waals surface area contributed by atoms with Gasteiger partial charge in [0, 0.05) is 18.6 Å². The van der Waals surface area contributed by atoms with Gasteiger partial charge >= 0.3 is 0 Å². The van der Waals surface area contributed by atoms with E-state index in [1.54, 1.807) is 7.11 Å². The van der Waals surface area contributed by atoms with Gasteiger partial charge in [0.25, 0.3) is 0 Å². The Morgan fingerprint density at radius 1 is 1.31 bits per heavy atom. The van der Waals surface area contributed by atoms with Gasteiger partial charge in [-0.2, -0.15) is 0 Å². The van der Waals surface area contributed by atoms with Gasteiger partial charge in [-0.1, -0.05) is 35.5 Å². The Morgan fingerprint density at radius 2 is 2.04 bits per heavy atom. The van der Waals surface area contributed by atoms with Crippen molar-refractivity contribution in [2.24, 2.45) is 7.05 Å². The Balaban J connectivity index is 1.62. The highest BCUT2D eigenvalue weighted by Crippen LogP contribution is 2.27. The fourth-order valence-corrected chi connectivity index (χ4v) is 3.62. The topological polar surface area (TPSA) is 56.1 Å². The van der Waals surface area contributed by atoms with Gasteiger partial charge < -0.3 is 14.6 Å². The summed E-state index contributed by atoms with van der Waals surface area (Å²) >= 11 is 7.45. The molecular formula is C19H20ClN3O2S. The first-order chi connectivity index (χ1) is 12.5. The predicted molar refractivity (Wildman–Crippen MR) is 106 cm³/mol. The lowest BCUT2D eigenvalue weighted by molar-refractivity contribution is -0.120. The van der Waals surface area contributed by atoms with Crippen LogP contribution in [-0.2, 0) is 18.4 Å². The number of methoxy groups -OCH3 is 1. The van der Waals surface area contributed by atoms with Gasteiger partial charge in [-0.05, 0) is 42.8 Å².